The molecule has 0 saturated heterocycles. The average molecular weight is 337 g/mol. The van der Waals surface area contributed by atoms with Gasteiger partial charge in [0.15, 0.2) is 0 Å². The molecule has 1 unspecified atom stereocenters. The number of anilines is 1. The first-order chi connectivity index (χ1) is 9.47. The number of nitriles is 1. The van der Waals surface area contributed by atoms with Crippen molar-refractivity contribution < 1.29 is 9.90 Å². The molecule has 0 amide bonds. The molecule has 0 heterocycles. The molecule has 1 rings (SSSR count). The minimum absolute atomic E-state index is 0.0881. The molecule has 1 N–H and O–H groups in total. The number of halogens is 1. The number of hydrogen-bond donors (Lipinski definition) is 1. The summed E-state index contributed by atoms with van der Waals surface area (Å²) in [6, 6.07) is 7.93. The van der Waals surface area contributed by atoms with Gasteiger partial charge in [0.05, 0.1) is 12.0 Å². The quantitative estimate of drug-likeness (QED) is 0.807. The Hall–Kier alpha value is -1.80. The van der Waals surface area contributed by atoms with Crippen LogP contribution in [0.3, 0.4) is 0 Å². The number of aliphatic carboxylic acids is 1. The van der Waals surface area contributed by atoms with Crippen molar-refractivity contribution in [3.8, 4) is 6.07 Å². The highest BCUT2D eigenvalue weighted by molar-refractivity contribution is 9.10. The summed E-state index contributed by atoms with van der Waals surface area (Å²) >= 11 is 3.39. The maximum Gasteiger partial charge on any atom is 0.328 e. The fourth-order valence-electron chi connectivity index (χ4n) is 1.88. The minimum atomic E-state index is -0.982. The van der Waals surface area contributed by atoms with E-state index in [0.29, 0.717) is 6.54 Å². The Kier molecular flexibility index (Phi) is 6.26. The summed E-state index contributed by atoms with van der Waals surface area (Å²) in [5.41, 5.74) is 1.74. The first kappa shape index (κ1) is 16.3. The van der Waals surface area contributed by atoms with Gasteiger partial charge in [0.1, 0.15) is 0 Å². The molecule has 0 saturated carbocycles. The van der Waals surface area contributed by atoms with Crippen molar-refractivity contribution in [1.82, 2.24) is 0 Å². The van der Waals surface area contributed by atoms with Crippen LogP contribution in [0.15, 0.2) is 28.7 Å². The monoisotopic (exact) mass is 336 g/mol. The van der Waals surface area contributed by atoms with Crippen molar-refractivity contribution in [3.63, 3.8) is 0 Å². The van der Waals surface area contributed by atoms with Crippen molar-refractivity contribution in [2.24, 2.45) is 5.92 Å². The summed E-state index contributed by atoms with van der Waals surface area (Å²) in [5.74, 6) is -1.07. The molecule has 0 spiro atoms. The van der Waals surface area contributed by atoms with Gasteiger partial charge in [-0.15, -0.1) is 0 Å². The fraction of sp³-hybridized carbons (Fsp3) is 0.333. The predicted molar refractivity (Wildman–Crippen MR) is 83.5 cm³/mol. The number of carboxylic acids is 1. The van der Waals surface area contributed by atoms with Gasteiger partial charge in [-0.2, -0.15) is 5.26 Å². The van der Waals surface area contributed by atoms with Gasteiger partial charge in [-0.3, -0.25) is 0 Å². The normalized spacial score (nSPS) is 12.1. The number of carboxylic acid groups (broad SMARTS) is 1. The highest BCUT2D eigenvalue weighted by atomic mass is 79.9. The van der Waals surface area contributed by atoms with Crippen molar-refractivity contribution in [2.75, 3.05) is 18.0 Å². The van der Waals surface area contributed by atoms with Gasteiger partial charge in [-0.1, -0.05) is 15.9 Å². The van der Waals surface area contributed by atoms with Crippen LogP contribution in [0.1, 0.15) is 19.4 Å². The number of nitrogens with zero attached hydrogens (tertiary/aromatic N) is 2. The van der Waals surface area contributed by atoms with E-state index < -0.39 is 5.97 Å². The van der Waals surface area contributed by atoms with Crippen LogP contribution in [-0.2, 0) is 4.79 Å². The molecule has 0 radical (unpaired) electrons. The Labute approximate surface area is 127 Å². The smallest absolute Gasteiger partial charge is 0.328 e. The third-order valence-corrected chi connectivity index (χ3v) is 3.33. The number of rotatable bonds is 6. The SMILES string of the molecule is CCN(CC(C)C#N)c1ccc(Br)cc1/C=C/C(=O)O. The topological polar surface area (TPSA) is 64.3 Å². The second kappa shape index (κ2) is 7.71. The molecule has 0 fully saturated rings. The maximum atomic E-state index is 10.7. The molecule has 106 valence electrons. The van der Waals surface area contributed by atoms with Crippen molar-refractivity contribution >= 4 is 33.7 Å². The van der Waals surface area contributed by atoms with Crippen LogP contribution in [0.4, 0.5) is 5.69 Å². The average Bonchev–Trinajstić information content (AvgIpc) is 2.42. The van der Waals surface area contributed by atoms with E-state index in [0.717, 1.165) is 28.3 Å². The highest BCUT2D eigenvalue weighted by Crippen LogP contribution is 2.26. The van der Waals surface area contributed by atoms with Crippen LogP contribution in [0.5, 0.6) is 0 Å². The Morgan fingerprint density at radius 2 is 2.30 bits per heavy atom. The Bertz CT molecular complexity index is 549. The standard InChI is InChI=1S/C15H17BrN2O2/c1-3-18(10-11(2)9-17)14-6-5-13(16)8-12(14)4-7-15(19)20/h4-8,11H,3,10H2,1-2H3,(H,19,20)/b7-4+. The van der Waals surface area contributed by atoms with E-state index in [2.05, 4.69) is 26.9 Å². The molecule has 4 nitrogen and oxygen atoms in total. The van der Waals surface area contributed by atoms with E-state index in [4.69, 9.17) is 10.4 Å². The lowest BCUT2D eigenvalue weighted by atomic mass is 10.1. The molecule has 0 aliphatic heterocycles. The van der Waals surface area contributed by atoms with Crippen LogP contribution >= 0.6 is 15.9 Å². The van der Waals surface area contributed by atoms with Gasteiger partial charge in [0, 0.05) is 29.3 Å². The van der Waals surface area contributed by atoms with E-state index in [1.807, 2.05) is 32.0 Å². The Balaban J connectivity index is 3.14. The van der Waals surface area contributed by atoms with E-state index in [9.17, 15) is 4.79 Å². The summed E-state index contributed by atoms with van der Waals surface area (Å²) in [4.78, 5) is 12.7. The molecular formula is C15H17BrN2O2. The lowest BCUT2D eigenvalue weighted by molar-refractivity contribution is -0.131. The molecule has 1 aromatic rings. The zero-order valence-corrected chi connectivity index (χ0v) is 13.1. The molecule has 0 aromatic heterocycles. The fourth-order valence-corrected chi connectivity index (χ4v) is 2.26. The zero-order chi connectivity index (χ0) is 15.1. The molecule has 0 aliphatic rings. The minimum Gasteiger partial charge on any atom is -0.478 e. The molecule has 5 heteroatoms. The van der Waals surface area contributed by atoms with Gasteiger partial charge in [-0.05, 0) is 43.7 Å². The summed E-state index contributed by atoms with van der Waals surface area (Å²) in [5, 5.41) is 17.7. The summed E-state index contributed by atoms with van der Waals surface area (Å²) in [6.07, 6.45) is 2.69. The second-order valence-electron chi connectivity index (χ2n) is 4.44. The number of hydrogen-bond acceptors (Lipinski definition) is 3. The predicted octanol–water partition coefficient (Wildman–Crippen LogP) is 3.53. The van der Waals surface area contributed by atoms with Gasteiger partial charge >= 0.3 is 5.97 Å². The number of carbonyl (C=O) groups is 1. The van der Waals surface area contributed by atoms with E-state index in [-0.39, 0.29) is 5.92 Å². The third-order valence-electron chi connectivity index (χ3n) is 2.83. The molecule has 1 atom stereocenters. The molecule has 0 aliphatic carbocycles. The Morgan fingerprint density at radius 3 is 2.85 bits per heavy atom. The van der Waals surface area contributed by atoms with Crippen LogP contribution in [-0.4, -0.2) is 24.2 Å². The van der Waals surface area contributed by atoms with Crippen molar-refractivity contribution in [3.05, 3.63) is 34.3 Å². The maximum absolute atomic E-state index is 10.7. The second-order valence-corrected chi connectivity index (χ2v) is 5.36. The molecule has 0 bridgehead atoms. The Morgan fingerprint density at radius 1 is 1.60 bits per heavy atom. The van der Waals surface area contributed by atoms with Gasteiger partial charge in [-0.25, -0.2) is 4.79 Å². The largest absolute Gasteiger partial charge is 0.478 e. The van der Waals surface area contributed by atoms with Crippen molar-refractivity contribution in [1.29, 1.82) is 5.26 Å². The van der Waals surface area contributed by atoms with E-state index in [1.54, 1.807) is 6.08 Å². The number of benzene rings is 1. The highest BCUT2D eigenvalue weighted by Gasteiger charge is 2.12. The van der Waals surface area contributed by atoms with Gasteiger partial charge in [0.2, 0.25) is 0 Å². The lowest BCUT2D eigenvalue weighted by Crippen LogP contribution is -2.28. The molecular weight excluding hydrogens is 320 g/mol. The molecule has 1 aromatic carbocycles. The van der Waals surface area contributed by atoms with Crippen molar-refractivity contribution in [2.45, 2.75) is 13.8 Å². The summed E-state index contributed by atoms with van der Waals surface area (Å²) in [7, 11) is 0. The van der Waals surface area contributed by atoms with Gasteiger partial charge < -0.3 is 10.0 Å². The summed E-state index contributed by atoms with van der Waals surface area (Å²) < 4.78 is 0.885. The lowest BCUT2D eigenvalue weighted by Gasteiger charge is -2.26. The van der Waals surface area contributed by atoms with E-state index >= 15 is 0 Å². The third kappa shape index (κ3) is 4.71. The first-order valence-electron chi connectivity index (χ1n) is 6.33. The first-order valence-corrected chi connectivity index (χ1v) is 7.12. The van der Waals surface area contributed by atoms with Gasteiger partial charge in [0.25, 0.3) is 0 Å². The van der Waals surface area contributed by atoms with Crippen LogP contribution in [0, 0.1) is 17.2 Å². The van der Waals surface area contributed by atoms with Crippen LogP contribution in [0.2, 0.25) is 0 Å². The van der Waals surface area contributed by atoms with Crippen LogP contribution in [0.25, 0.3) is 6.08 Å². The van der Waals surface area contributed by atoms with Crippen LogP contribution < -0.4 is 4.90 Å². The zero-order valence-electron chi connectivity index (χ0n) is 11.5. The summed E-state index contributed by atoms with van der Waals surface area (Å²) in [6.45, 7) is 5.25. The molecule has 20 heavy (non-hydrogen) atoms. The van der Waals surface area contributed by atoms with E-state index in [1.165, 1.54) is 0 Å².